The summed E-state index contributed by atoms with van der Waals surface area (Å²) in [5.41, 5.74) is 4.85. The highest BCUT2D eigenvalue weighted by molar-refractivity contribution is 7.17. The first-order chi connectivity index (χ1) is 9.70. The number of hydrogen-bond acceptors (Lipinski definition) is 3. The van der Waals surface area contributed by atoms with E-state index in [0.29, 0.717) is 0 Å². The molecule has 0 fully saturated rings. The zero-order valence-electron chi connectivity index (χ0n) is 12.0. The third-order valence-corrected chi connectivity index (χ3v) is 4.62. The van der Waals surface area contributed by atoms with Crippen LogP contribution in [0.5, 0.6) is 0 Å². The summed E-state index contributed by atoms with van der Waals surface area (Å²) in [6.07, 6.45) is 1.95. The van der Waals surface area contributed by atoms with Gasteiger partial charge >= 0.3 is 0 Å². The second-order valence-corrected chi connectivity index (χ2v) is 6.04. The minimum absolute atomic E-state index is 0.137. The van der Waals surface area contributed by atoms with Crippen molar-refractivity contribution in [3.8, 4) is 0 Å². The van der Waals surface area contributed by atoms with Crippen molar-refractivity contribution in [2.75, 3.05) is 7.05 Å². The second kappa shape index (κ2) is 5.35. The molecule has 0 aliphatic carbocycles. The van der Waals surface area contributed by atoms with Crippen LogP contribution in [0.3, 0.4) is 0 Å². The zero-order chi connectivity index (χ0) is 14.1. The summed E-state index contributed by atoms with van der Waals surface area (Å²) in [4.78, 5) is 4.66. The van der Waals surface area contributed by atoms with E-state index in [9.17, 15) is 0 Å². The van der Waals surface area contributed by atoms with Gasteiger partial charge in [-0.3, -0.25) is 4.98 Å². The first-order valence-electron chi connectivity index (χ1n) is 6.77. The molecule has 1 aromatic carbocycles. The van der Waals surface area contributed by atoms with Crippen molar-refractivity contribution in [2.24, 2.45) is 0 Å². The Balaban J connectivity index is 2.16. The lowest BCUT2D eigenvalue weighted by Gasteiger charge is -2.19. The van der Waals surface area contributed by atoms with Crippen molar-refractivity contribution in [3.63, 3.8) is 0 Å². The maximum atomic E-state index is 4.66. The normalized spacial score (nSPS) is 12.8. The summed E-state index contributed by atoms with van der Waals surface area (Å²) in [6, 6.07) is 11.0. The van der Waals surface area contributed by atoms with Gasteiger partial charge in [-0.1, -0.05) is 24.3 Å². The number of nitrogens with one attached hydrogen (secondary N) is 1. The van der Waals surface area contributed by atoms with Gasteiger partial charge in [0.15, 0.2) is 0 Å². The van der Waals surface area contributed by atoms with Crippen LogP contribution in [0.4, 0.5) is 0 Å². The lowest BCUT2D eigenvalue weighted by molar-refractivity contribution is 0.670. The van der Waals surface area contributed by atoms with Crippen molar-refractivity contribution < 1.29 is 0 Å². The molecule has 20 heavy (non-hydrogen) atoms. The number of hydrogen-bond donors (Lipinski definition) is 1. The number of aryl methyl sites for hydroxylation is 2. The Hall–Kier alpha value is -1.71. The number of benzene rings is 1. The second-order valence-electron chi connectivity index (χ2n) is 5.12. The van der Waals surface area contributed by atoms with Gasteiger partial charge < -0.3 is 5.32 Å². The average molecular weight is 282 g/mol. The quantitative estimate of drug-likeness (QED) is 0.778. The number of rotatable bonds is 3. The number of fused-ring (bicyclic) bond motifs is 1. The fourth-order valence-electron chi connectivity index (χ4n) is 2.71. The molecule has 1 atom stereocenters. The van der Waals surface area contributed by atoms with E-state index < -0.39 is 0 Å². The Labute approximate surface area is 123 Å². The van der Waals surface area contributed by atoms with Gasteiger partial charge in [0.1, 0.15) is 0 Å². The molecular weight excluding hydrogens is 264 g/mol. The molecule has 102 valence electrons. The molecule has 2 nitrogen and oxygen atoms in total. The molecule has 0 spiro atoms. The molecule has 0 bridgehead atoms. The minimum Gasteiger partial charge on any atom is -0.308 e. The molecule has 0 saturated carbocycles. The summed E-state index contributed by atoms with van der Waals surface area (Å²) in [6.45, 7) is 4.21. The van der Waals surface area contributed by atoms with Crippen molar-refractivity contribution in [1.82, 2.24) is 10.3 Å². The van der Waals surface area contributed by atoms with Crippen molar-refractivity contribution in [3.05, 3.63) is 64.3 Å². The molecule has 1 N–H and O–H groups in total. The van der Waals surface area contributed by atoms with Crippen molar-refractivity contribution >= 4 is 21.4 Å². The van der Waals surface area contributed by atoms with E-state index in [4.69, 9.17) is 0 Å². The summed E-state index contributed by atoms with van der Waals surface area (Å²) in [5, 5.41) is 6.87. The SMILES string of the molecule is CNC(c1ncc(C)cc1C)c1cccc2ccsc12. The Bertz CT molecular complexity index is 746. The van der Waals surface area contributed by atoms with Crippen LogP contribution >= 0.6 is 11.3 Å². The van der Waals surface area contributed by atoms with Gasteiger partial charge in [0.05, 0.1) is 11.7 Å². The molecule has 0 aliphatic rings. The van der Waals surface area contributed by atoms with Gasteiger partial charge in [0, 0.05) is 10.9 Å². The molecule has 2 heterocycles. The standard InChI is InChI=1S/C17H18N2S/c1-11-9-12(2)15(19-10-11)16(18-3)14-6-4-5-13-7-8-20-17(13)14/h4-10,16,18H,1-3H3. The molecule has 0 amide bonds. The average Bonchev–Trinajstić information content (AvgIpc) is 2.91. The van der Waals surface area contributed by atoms with E-state index in [2.05, 4.69) is 59.9 Å². The molecule has 0 saturated heterocycles. The predicted molar refractivity (Wildman–Crippen MR) is 86.4 cm³/mol. The van der Waals surface area contributed by atoms with Crippen LogP contribution in [-0.4, -0.2) is 12.0 Å². The Morgan fingerprint density at radius 3 is 2.80 bits per heavy atom. The highest BCUT2D eigenvalue weighted by Crippen LogP contribution is 2.32. The molecule has 1 unspecified atom stereocenters. The van der Waals surface area contributed by atoms with Crippen LogP contribution < -0.4 is 5.32 Å². The summed E-state index contributed by atoms with van der Waals surface area (Å²) < 4.78 is 1.34. The van der Waals surface area contributed by atoms with Crippen LogP contribution in [0.2, 0.25) is 0 Å². The fraction of sp³-hybridized carbons (Fsp3) is 0.235. The predicted octanol–water partition coefficient (Wildman–Crippen LogP) is 4.22. The van der Waals surface area contributed by atoms with Crippen LogP contribution in [0.25, 0.3) is 10.1 Å². The third-order valence-electron chi connectivity index (χ3n) is 3.64. The summed E-state index contributed by atoms with van der Waals surface area (Å²) in [7, 11) is 2.00. The molecule has 3 heteroatoms. The van der Waals surface area contributed by atoms with E-state index in [0.717, 1.165) is 5.69 Å². The molecule has 3 rings (SSSR count). The first kappa shape index (κ1) is 13.3. The van der Waals surface area contributed by atoms with Crippen LogP contribution in [0.15, 0.2) is 41.9 Å². The van der Waals surface area contributed by atoms with Crippen molar-refractivity contribution in [2.45, 2.75) is 19.9 Å². The number of aromatic nitrogens is 1. The van der Waals surface area contributed by atoms with Gasteiger partial charge in [-0.15, -0.1) is 11.3 Å². The third kappa shape index (κ3) is 2.23. The number of nitrogens with zero attached hydrogens (tertiary/aromatic N) is 1. The highest BCUT2D eigenvalue weighted by atomic mass is 32.1. The largest absolute Gasteiger partial charge is 0.308 e. The maximum Gasteiger partial charge on any atom is 0.0765 e. The van der Waals surface area contributed by atoms with Gasteiger partial charge in [-0.25, -0.2) is 0 Å². The van der Waals surface area contributed by atoms with E-state index in [1.54, 1.807) is 11.3 Å². The van der Waals surface area contributed by atoms with Crippen LogP contribution in [0, 0.1) is 13.8 Å². The molecule has 2 aromatic heterocycles. The number of thiophene rings is 1. The monoisotopic (exact) mass is 282 g/mol. The van der Waals surface area contributed by atoms with E-state index in [1.165, 1.54) is 26.8 Å². The molecular formula is C17H18N2S. The maximum absolute atomic E-state index is 4.66. The van der Waals surface area contributed by atoms with Crippen molar-refractivity contribution in [1.29, 1.82) is 0 Å². The van der Waals surface area contributed by atoms with Crippen LogP contribution in [-0.2, 0) is 0 Å². The highest BCUT2D eigenvalue weighted by Gasteiger charge is 2.18. The lowest BCUT2D eigenvalue weighted by Crippen LogP contribution is -2.20. The summed E-state index contributed by atoms with van der Waals surface area (Å²) in [5.74, 6) is 0. The van der Waals surface area contributed by atoms with Gasteiger partial charge in [0.2, 0.25) is 0 Å². The minimum atomic E-state index is 0.137. The molecule has 3 aromatic rings. The molecule has 0 aliphatic heterocycles. The smallest absolute Gasteiger partial charge is 0.0765 e. The van der Waals surface area contributed by atoms with E-state index in [-0.39, 0.29) is 6.04 Å². The lowest BCUT2D eigenvalue weighted by atomic mass is 9.98. The number of pyridine rings is 1. The van der Waals surface area contributed by atoms with Gasteiger partial charge in [-0.2, -0.15) is 0 Å². The summed E-state index contributed by atoms with van der Waals surface area (Å²) >= 11 is 1.79. The van der Waals surface area contributed by atoms with Gasteiger partial charge in [0.25, 0.3) is 0 Å². The van der Waals surface area contributed by atoms with E-state index >= 15 is 0 Å². The Kier molecular flexibility index (Phi) is 3.55. The van der Waals surface area contributed by atoms with Gasteiger partial charge in [-0.05, 0) is 54.4 Å². The molecule has 0 radical (unpaired) electrons. The zero-order valence-corrected chi connectivity index (χ0v) is 12.8. The Morgan fingerprint density at radius 2 is 2.05 bits per heavy atom. The first-order valence-corrected chi connectivity index (χ1v) is 7.65. The van der Waals surface area contributed by atoms with Crippen LogP contribution in [0.1, 0.15) is 28.4 Å². The topological polar surface area (TPSA) is 24.9 Å². The Morgan fingerprint density at radius 1 is 1.20 bits per heavy atom. The van der Waals surface area contributed by atoms with E-state index in [1.807, 2.05) is 13.2 Å². The fourth-order valence-corrected chi connectivity index (χ4v) is 3.66.